The van der Waals surface area contributed by atoms with Crippen LogP contribution in [-0.4, -0.2) is 5.11 Å². The van der Waals surface area contributed by atoms with Crippen molar-refractivity contribution < 1.29 is 9.84 Å². The van der Waals surface area contributed by atoms with Crippen molar-refractivity contribution in [3.8, 4) is 5.75 Å². The number of benzene rings is 3. The molecule has 0 saturated heterocycles. The molecule has 0 radical (unpaired) electrons. The average Bonchev–Trinajstić information content (AvgIpc) is 2.67. The topological polar surface area (TPSA) is 29.5 Å². The van der Waals surface area contributed by atoms with Crippen LogP contribution < -0.4 is 4.74 Å². The Hall–Kier alpha value is -2.55. The van der Waals surface area contributed by atoms with Crippen LogP contribution in [0.3, 0.4) is 0 Å². The van der Waals surface area contributed by atoms with Crippen molar-refractivity contribution in [2.75, 3.05) is 0 Å². The average molecular weight is 391 g/mol. The molecule has 0 fully saturated rings. The largest absolute Gasteiger partial charge is 0.454 e. The molecule has 3 aromatic carbocycles. The lowest BCUT2D eigenvalue weighted by Gasteiger charge is -2.34. The number of rotatable bonds is 2. The number of halogens is 1. The highest BCUT2D eigenvalue weighted by Gasteiger charge is 2.36. The molecule has 0 aromatic heterocycles. The molecule has 3 heteroatoms. The van der Waals surface area contributed by atoms with E-state index in [-0.39, 0.29) is 5.41 Å². The summed E-state index contributed by atoms with van der Waals surface area (Å²) in [4.78, 5) is 0. The summed E-state index contributed by atoms with van der Waals surface area (Å²) in [6.07, 6.45) is 1.79. The van der Waals surface area contributed by atoms with Gasteiger partial charge in [-0.25, -0.2) is 0 Å². The van der Waals surface area contributed by atoms with Crippen molar-refractivity contribution in [1.82, 2.24) is 0 Å². The van der Waals surface area contributed by atoms with Crippen LogP contribution in [0.1, 0.15) is 43.0 Å². The molecule has 1 aliphatic rings. The smallest absolute Gasteiger partial charge is 0.255 e. The molecule has 2 nitrogen and oxygen atoms in total. The van der Waals surface area contributed by atoms with E-state index in [2.05, 4.69) is 32.9 Å². The number of hydrogen-bond acceptors (Lipinski definition) is 2. The van der Waals surface area contributed by atoms with Gasteiger partial charge in [0, 0.05) is 22.2 Å². The standard InChI is InChI=1S/C25H23ClO2/c1-24(2,3)19-11-14-23-21(15-19)22(17-9-12-20(26)13-10-17)16-25(27,28-23)18-7-5-4-6-8-18/h4-16,27H,1-3H3. The van der Waals surface area contributed by atoms with E-state index >= 15 is 0 Å². The minimum absolute atomic E-state index is 0.00726. The van der Waals surface area contributed by atoms with Gasteiger partial charge in [0.15, 0.2) is 0 Å². The summed E-state index contributed by atoms with van der Waals surface area (Å²) in [7, 11) is 0. The molecule has 0 saturated carbocycles. The predicted octanol–water partition coefficient (Wildman–Crippen LogP) is 6.31. The van der Waals surface area contributed by atoms with Crippen molar-refractivity contribution in [2.24, 2.45) is 0 Å². The molecule has 142 valence electrons. The van der Waals surface area contributed by atoms with Crippen LogP contribution in [0, 0.1) is 0 Å². The Bertz CT molecular complexity index is 1030. The lowest BCUT2D eigenvalue weighted by molar-refractivity contribution is -0.103. The molecule has 4 rings (SSSR count). The van der Waals surface area contributed by atoms with Gasteiger partial charge in [0.1, 0.15) is 5.75 Å². The van der Waals surface area contributed by atoms with E-state index in [1.54, 1.807) is 6.08 Å². The van der Waals surface area contributed by atoms with E-state index in [1.807, 2.05) is 60.7 Å². The molecule has 0 aliphatic carbocycles. The van der Waals surface area contributed by atoms with Gasteiger partial charge in [-0.05, 0) is 46.4 Å². The van der Waals surface area contributed by atoms with Crippen molar-refractivity contribution in [2.45, 2.75) is 32.0 Å². The van der Waals surface area contributed by atoms with Gasteiger partial charge >= 0.3 is 0 Å². The maximum atomic E-state index is 11.4. The van der Waals surface area contributed by atoms with Gasteiger partial charge in [-0.3, -0.25) is 0 Å². The zero-order chi connectivity index (χ0) is 19.9. The number of aliphatic hydroxyl groups is 1. The first-order valence-corrected chi connectivity index (χ1v) is 9.75. The van der Waals surface area contributed by atoms with Gasteiger partial charge in [-0.1, -0.05) is 80.9 Å². The van der Waals surface area contributed by atoms with Crippen LogP contribution in [0.15, 0.2) is 78.9 Å². The van der Waals surface area contributed by atoms with Gasteiger partial charge in [0.05, 0.1) is 0 Å². The third kappa shape index (κ3) is 3.46. The molecule has 3 aromatic rings. The molecule has 1 N–H and O–H groups in total. The van der Waals surface area contributed by atoms with E-state index in [0.29, 0.717) is 16.3 Å². The summed E-state index contributed by atoms with van der Waals surface area (Å²) in [5.74, 6) is -0.876. The lowest BCUT2D eigenvalue weighted by Crippen LogP contribution is -2.33. The highest BCUT2D eigenvalue weighted by Crippen LogP contribution is 2.44. The second-order valence-electron chi connectivity index (χ2n) is 8.19. The van der Waals surface area contributed by atoms with Gasteiger partial charge in [0.25, 0.3) is 5.79 Å². The summed E-state index contributed by atoms with van der Waals surface area (Å²) >= 11 is 6.09. The summed E-state index contributed by atoms with van der Waals surface area (Å²) in [6.45, 7) is 6.55. The first kappa shape index (κ1) is 18.8. The Morgan fingerprint density at radius 3 is 2.21 bits per heavy atom. The first-order valence-electron chi connectivity index (χ1n) is 9.37. The second-order valence-corrected chi connectivity index (χ2v) is 8.63. The van der Waals surface area contributed by atoms with E-state index in [1.165, 1.54) is 5.56 Å². The monoisotopic (exact) mass is 390 g/mol. The van der Waals surface area contributed by atoms with E-state index in [4.69, 9.17) is 16.3 Å². The molecule has 1 aliphatic heterocycles. The van der Waals surface area contributed by atoms with Crippen LogP contribution >= 0.6 is 11.6 Å². The number of hydrogen-bond donors (Lipinski definition) is 1. The molecule has 28 heavy (non-hydrogen) atoms. The van der Waals surface area contributed by atoms with E-state index < -0.39 is 5.79 Å². The Morgan fingerprint density at radius 2 is 1.57 bits per heavy atom. The maximum Gasteiger partial charge on any atom is 0.255 e. The first-order chi connectivity index (χ1) is 13.3. The number of fused-ring (bicyclic) bond motifs is 1. The normalized spacial score (nSPS) is 18.8. The van der Waals surface area contributed by atoms with Crippen LogP contribution in [0.5, 0.6) is 5.75 Å². The molecule has 1 heterocycles. The Labute approximate surface area is 171 Å². The minimum atomic E-state index is -1.54. The molecule has 0 spiro atoms. The third-order valence-electron chi connectivity index (χ3n) is 5.08. The van der Waals surface area contributed by atoms with E-state index in [9.17, 15) is 5.11 Å². The van der Waals surface area contributed by atoms with Crippen molar-refractivity contribution in [3.05, 3.63) is 106 Å². The van der Waals surface area contributed by atoms with Crippen LogP contribution in [0.4, 0.5) is 0 Å². The fourth-order valence-corrected chi connectivity index (χ4v) is 3.58. The highest BCUT2D eigenvalue weighted by molar-refractivity contribution is 6.30. The zero-order valence-electron chi connectivity index (χ0n) is 16.2. The van der Waals surface area contributed by atoms with E-state index in [0.717, 1.165) is 16.7 Å². The van der Waals surface area contributed by atoms with Gasteiger partial charge in [0.2, 0.25) is 0 Å². The highest BCUT2D eigenvalue weighted by atomic mass is 35.5. The van der Waals surface area contributed by atoms with Crippen molar-refractivity contribution in [1.29, 1.82) is 0 Å². The zero-order valence-corrected chi connectivity index (χ0v) is 17.0. The fourth-order valence-electron chi connectivity index (χ4n) is 3.45. The molecule has 0 bridgehead atoms. The SMILES string of the molecule is CC(C)(C)c1ccc2c(c1)C(c1ccc(Cl)cc1)=CC(O)(c1ccccc1)O2. The van der Waals surface area contributed by atoms with Crippen LogP contribution in [0.25, 0.3) is 5.57 Å². The maximum absolute atomic E-state index is 11.4. The molecular formula is C25H23ClO2. The lowest BCUT2D eigenvalue weighted by atomic mass is 9.83. The second kappa shape index (κ2) is 6.80. The van der Waals surface area contributed by atoms with Crippen LogP contribution in [-0.2, 0) is 11.2 Å². The fraction of sp³-hybridized carbons (Fsp3) is 0.200. The Morgan fingerprint density at radius 1 is 0.893 bits per heavy atom. The Kier molecular flexibility index (Phi) is 4.57. The Balaban J connectivity index is 1.93. The third-order valence-corrected chi connectivity index (χ3v) is 5.34. The van der Waals surface area contributed by atoms with Crippen LogP contribution in [0.2, 0.25) is 5.02 Å². The summed E-state index contributed by atoms with van der Waals surface area (Å²) in [5.41, 5.74) is 4.78. The van der Waals surface area contributed by atoms with Gasteiger partial charge in [-0.15, -0.1) is 0 Å². The van der Waals surface area contributed by atoms with Gasteiger partial charge in [-0.2, -0.15) is 0 Å². The quantitative estimate of drug-likeness (QED) is 0.555. The predicted molar refractivity (Wildman–Crippen MR) is 115 cm³/mol. The van der Waals surface area contributed by atoms with Crippen molar-refractivity contribution in [3.63, 3.8) is 0 Å². The minimum Gasteiger partial charge on any atom is -0.454 e. The number of ether oxygens (including phenoxy) is 1. The molecule has 1 atom stereocenters. The summed E-state index contributed by atoms with van der Waals surface area (Å²) < 4.78 is 6.10. The molecular weight excluding hydrogens is 368 g/mol. The van der Waals surface area contributed by atoms with Crippen molar-refractivity contribution >= 4 is 17.2 Å². The van der Waals surface area contributed by atoms with Gasteiger partial charge < -0.3 is 9.84 Å². The summed E-state index contributed by atoms with van der Waals surface area (Å²) in [6, 6.07) is 23.3. The molecule has 1 unspecified atom stereocenters. The summed E-state index contributed by atoms with van der Waals surface area (Å²) in [5, 5.41) is 12.1. The molecule has 0 amide bonds.